The number of nitrogens with zero attached hydrogens (tertiary/aromatic N) is 1. The summed E-state index contributed by atoms with van der Waals surface area (Å²) in [6.45, 7) is 3.24. The number of hydrogen-bond donors (Lipinski definition) is 1. The number of carbonyl (C=O) groups excluding carboxylic acids is 1. The molecule has 0 bridgehead atoms. The standard InChI is InChI=1S/C31H28ClF6NO6/c1-16-6-7-22(23-13-26(24(32)14-25(23)43-3)44-8-4-5-27(40)41)19(9-16)15-39-17(2)28(45-29(39)42)18-10-20(30(33,34)35)12-21(11-18)31(36,37)38/h6-7,9-14,17,28H,4-5,8,15H2,1-3H3,(H,40,41)/t17-,28-/m0/s1. The highest BCUT2D eigenvalue weighted by atomic mass is 35.5. The van der Waals surface area contributed by atoms with Gasteiger partial charge < -0.3 is 19.3 Å². The van der Waals surface area contributed by atoms with E-state index in [1.807, 2.05) is 0 Å². The van der Waals surface area contributed by atoms with Crippen LogP contribution in [0, 0.1) is 6.92 Å². The molecule has 0 aromatic heterocycles. The van der Waals surface area contributed by atoms with Gasteiger partial charge in [-0.2, -0.15) is 26.3 Å². The second-order valence-electron chi connectivity index (χ2n) is 10.5. The summed E-state index contributed by atoms with van der Waals surface area (Å²) in [5.41, 5.74) is -1.00. The summed E-state index contributed by atoms with van der Waals surface area (Å²) in [5, 5.41) is 9.09. The van der Waals surface area contributed by atoms with Gasteiger partial charge in [-0.3, -0.25) is 9.69 Å². The molecule has 14 heteroatoms. The van der Waals surface area contributed by atoms with Crippen molar-refractivity contribution in [1.82, 2.24) is 4.90 Å². The third-order valence-corrected chi connectivity index (χ3v) is 7.56. The summed E-state index contributed by atoms with van der Waals surface area (Å²) in [6.07, 6.45) is -12.3. The Morgan fingerprint density at radius 3 is 2.20 bits per heavy atom. The summed E-state index contributed by atoms with van der Waals surface area (Å²) >= 11 is 6.37. The van der Waals surface area contributed by atoms with Gasteiger partial charge in [0.1, 0.15) is 17.6 Å². The molecule has 1 amide bonds. The van der Waals surface area contributed by atoms with Crippen LogP contribution in [0.1, 0.15) is 53.7 Å². The summed E-state index contributed by atoms with van der Waals surface area (Å²) in [7, 11) is 1.42. The fraction of sp³-hybridized carbons (Fsp3) is 0.355. The van der Waals surface area contributed by atoms with Crippen molar-refractivity contribution in [3.63, 3.8) is 0 Å². The number of carbonyl (C=O) groups is 2. The van der Waals surface area contributed by atoms with Crippen LogP contribution in [0.2, 0.25) is 5.02 Å². The highest BCUT2D eigenvalue weighted by Crippen LogP contribution is 2.43. The van der Waals surface area contributed by atoms with Crippen LogP contribution in [0.3, 0.4) is 0 Å². The SMILES string of the molecule is COc1cc(Cl)c(OCCCC(=O)O)cc1-c1ccc(C)cc1CN1C(=O)O[C@H](c2cc(C(F)(F)F)cc(C(F)(F)F)c2)[C@@H]1C. The third kappa shape index (κ3) is 7.75. The fourth-order valence-corrected chi connectivity index (χ4v) is 5.24. The summed E-state index contributed by atoms with van der Waals surface area (Å²) in [4.78, 5) is 25.1. The third-order valence-electron chi connectivity index (χ3n) is 7.27. The van der Waals surface area contributed by atoms with Gasteiger partial charge in [-0.1, -0.05) is 35.4 Å². The minimum atomic E-state index is -5.06. The van der Waals surface area contributed by atoms with Crippen molar-refractivity contribution in [2.24, 2.45) is 0 Å². The lowest BCUT2D eigenvalue weighted by Crippen LogP contribution is -2.31. The molecule has 1 fully saturated rings. The monoisotopic (exact) mass is 659 g/mol. The summed E-state index contributed by atoms with van der Waals surface area (Å²) in [6, 6.07) is 8.64. The predicted molar refractivity (Wildman–Crippen MR) is 151 cm³/mol. The number of rotatable bonds is 10. The Morgan fingerprint density at radius 1 is 0.978 bits per heavy atom. The van der Waals surface area contributed by atoms with Crippen LogP contribution in [0.5, 0.6) is 11.5 Å². The van der Waals surface area contributed by atoms with E-state index in [2.05, 4.69) is 0 Å². The molecule has 0 radical (unpaired) electrons. The lowest BCUT2D eigenvalue weighted by molar-refractivity contribution is -0.143. The average molecular weight is 660 g/mol. The zero-order valence-electron chi connectivity index (χ0n) is 24.2. The first kappa shape index (κ1) is 33.8. The highest BCUT2D eigenvalue weighted by Gasteiger charge is 2.43. The minimum Gasteiger partial charge on any atom is -0.496 e. The van der Waals surface area contributed by atoms with Gasteiger partial charge in [0.2, 0.25) is 0 Å². The van der Waals surface area contributed by atoms with Crippen molar-refractivity contribution in [3.05, 3.63) is 81.4 Å². The van der Waals surface area contributed by atoms with Crippen LogP contribution in [0.25, 0.3) is 11.1 Å². The molecule has 0 spiro atoms. The Balaban J connectivity index is 1.69. The van der Waals surface area contributed by atoms with Crippen LogP contribution in [-0.4, -0.2) is 41.8 Å². The van der Waals surface area contributed by atoms with Crippen LogP contribution in [-0.2, 0) is 28.4 Å². The molecule has 2 atom stereocenters. The molecule has 0 saturated carbocycles. The van der Waals surface area contributed by atoms with Crippen LogP contribution >= 0.6 is 11.6 Å². The van der Waals surface area contributed by atoms with Gasteiger partial charge in [0.15, 0.2) is 0 Å². The Bertz CT molecular complexity index is 1560. The van der Waals surface area contributed by atoms with E-state index in [-0.39, 0.29) is 42.8 Å². The highest BCUT2D eigenvalue weighted by molar-refractivity contribution is 6.32. The van der Waals surface area contributed by atoms with Crippen molar-refractivity contribution in [2.45, 2.75) is 57.7 Å². The maximum atomic E-state index is 13.5. The number of cyclic esters (lactones) is 1. The molecule has 3 aromatic carbocycles. The molecule has 1 aliphatic heterocycles. The number of ether oxygens (including phenoxy) is 3. The van der Waals surface area contributed by atoms with Gasteiger partial charge in [-0.05, 0) is 61.2 Å². The van der Waals surface area contributed by atoms with E-state index in [4.69, 9.17) is 30.9 Å². The second-order valence-corrected chi connectivity index (χ2v) is 10.9. The lowest BCUT2D eigenvalue weighted by Gasteiger charge is -2.24. The molecular weight excluding hydrogens is 632 g/mol. The molecule has 1 N–H and O–H groups in total. The Kier molecular flexibility index (Phi) is 9.81. The number of aryl methyl sites for hydroxylation is 1. The van der Waals surface area contributed by atoms with Crippen LogP contribution < -0.4 is 9.47 Å². The number of aliphatic carboxylic acids is 1. The van der Waals surface area contributed by atoms with Crippen molar-refractivity contribution in [3.8, 4) is 22.6 Å². The predicted octanol–water partition coefficient (Wildman–Crippen LogP) is 8.69. The number of carboxylic acid groups (broad SMARTS) is 1. The topological polar surface area (TPSA) is 85.3 Å². The molecule has 0 aliphatic carbocycles. The number of alkyl halides is 6. The maximum absolute atomic E-state index is 13.5. The minimum absolute atomic E-state index is 0.0192. The van der Waals surface area contributed by atoms with Gasteiger partial charge in [-0.15, -0.1) is 0 Å². The first-order chi connectivity index (χ1) is 21.0. The molecule has 7 nitrogen and oxygen atoms in total. The number of hydrogen-bond acceptors (Lipinski definition) is 5. The van der Waals surface area contributed by atoms with E-state index in [0.29, 0.717) is 34.6 Å². The molecule has 45 heavy (non-hydrogen) atoms. The largest absolute Gasteiger partial charge is 0.496 e. The maximum Gasteiger partial charge on any atom is 0.416 e. The van der Waals surface area contributed by atoms with E-state index in [1.165, 1.54) is 25.0 Å². The Morgan fingerprint density at radius 2 is 1.62 bits per heavy atom. The van der Waals surface area contributed by atoms with Gasteiger partial charge in [0.05, 0.1) is 42.5 Å². The Hall–Kier alpha value is -4.13. The smallest absolute Gasteiger partial charge is 0.416 e. The molecule has 1 saturated heterocycles. The van der Waals surface area contributed by atoms with Crippen molar-refractivity contribution in [2.75, 3.05) is 13.7 Å². The molecule has 0 unspecified atom stereocenters. The van der Waals surface area contributed by atoms with Gasteiger partial charge in [0, 0.05) is 18.1 Å². The van der Waals surface area contributed by atoms with E-state index >= 15 is 0 Å². The lowest BCUT2D eigenvalue weighted by atomic mass is 9.95. The zero-order chi connectivity index (χ0) is 33.3. The normalized spacial score (nSPS) is 16.9. The first-order valence-corrected chi connectivity index (χ1v) is 14.0. The summed E-state index contributed by atoms with van der Waals surface area (Å²) < 4.78 is 97.6. The van der Waals surface area contributed by atoms with Crippen molar-refractivity contribution < 1.29 is 55.2 Å². The van der Waals surface area contributed by atoms with E-state index < -0.39 is 53.3 Å². The zero-order valence-corrected chi connectivity index (χ0v) is 24.9. The summed E-state index contributed by atoms with van der Waals surface area (Å²) in [5.74, 6) is -0.375. The molecular formula is C31H28ClF6NO6. The number of benzene rings is 3. The van der Waals surface area contributed by atoms with Crippen LogP contribution in [0.4, 0.5) is 31.1 Å². The van der Waals surface area contributed by atoms with Crippen molar-refractivity contribution in [1.29, 1.82) is 0 Å². The van der Waals surface area contributed by atoms with Crippen LogP contribution in [0.15, 0.2) is 48.5 Å². The molecule has 1 aliphatic rings. The molecule has 242 valence electrons. The number of amides is 1. The van der Waals surface area contributed by atoms with Gasteiger partial charge in [0.25, 0.3) is 0 Å². The van der Waals surface area contributed by atoms with Gasteiger partial charge in [-0.25, -0.2) is 4.79 Å². The fourth-order valence-electron chi connectivity index (χ4n) is 5.03. The van der Waals surface area contributed by atoms with E-state index in [9.17, 15) is 35.9 Å². The Labute approximate surface area is 259 Å². The molecule has 3 aromatic rings. The van der Waals surface area contributed by atoms with E-state index in [1.54, 1.807) is 31.2 Å². The molecule has 4 rings (SSSR count). The van der Waals surface area contributed by atoms with Gasteiger partial charge >= 0.3 is 24.4 Å². The number of halogens is 7. The quantitative estimate of drug-likeness (QED) is 0.173. The molecule has 1 heterocycles. The van der Waals surface area contributed by atoms with E-state index in [0.717, 1.165) is 5.56 Å². The second kappa shape index (κ2) is 13.1. The first-order valence-electron chi connectivity index (χ1n) is 13.6. The number of methoxy groups -OCH3 is 1. The van der Waals surface area contributed by atoms with Crippen molar-refractivity contribution >= 4 is 23.7 Å². The average Bonchev–Trinajstić information content (AvgIpc) is 3.23. The number of carboxylic acids is 1.